The molecule has 29 heavy (non-hydrogen) atoms. The number of Topliss-reactive ketones (excluding diaryl/α,β-unsaturated/α-hetero) is 2. The quantitative estimate of drug-likeness (QED) is 0.199. The van der Waals surface area contributed by atoms with Gasteiger partial charge in [0.2, 0.25) is 5.91 Å². The first kappa shape index (κ1) is 27.4. The van der Waals surface area contributed by atoms with E-state index in [-0.39, 0.29) is 43.0 Å². The SMILES string of the molecule is CCCC(=O)CSSCC(NC(=O)CCC(N)C(=O)OC)C(=O)CCC(=O)OC. The van der Waals surface area contributed by atoms with Crippen LogP contribution < -0.4 is 11.1 Å². The summed E-state index contributed by atoms with van der Waals surface area (Å²) in [4.78, 5) is 58.7. The van der Waals surface area contributed by atoms with E-state index in [0.717, 1.165) is 6.42 Å². The third-order valence-corrected chi connectivity index (χ3v) is 6.12. The Bertz CT molecular complexity index is 572. The second-order valence-corrected chi connectivity index (χ2v) is 8.67. The first-order valence-corrected chi connectivity index (χ1v) is 11.7. The van der Waals surface area contributed by atoms with Crippen molar-refractivity contribution >= 4 is 51.0 Å². The predicted molar refractivity (Wildman–Crippen MR) is 112 cm³/mol. The standard InChI is InChI=1S/C18H30N2O7S2/c1-4-5-12(21)10-28-29-11-14(15(22)7-9-17(24)26-2)20-16(23)8-6-13(19)18(25)27-3/h13-14H,4-11,19H2,1-3H3,(H,20,23). The van der Waals surface area contributed by atoms with Crippen LogP contribution in [0.15, 0.2) is 0 Å². The number of esters is 2. The van der Waals surface area contributed by atoms with Crippen molar-refractivity contribution in [1.82, 2.24) is 5.32 Å². The maximum absolute atomic E-state index is 12.4. The fourth-order valence-electron chi connectivity index (χ4n) is 2.11. The van der Waals surface area contributed by atoms with Gasteiger partial charge in [-0.3, -0.25) is 24.0 Å². The Labute approximate surface area is 179 Å². The van der Waals surface area contributed by atoms with E-state index in [0.29, 0.717) is 12.2 Å². The zero-order chi connectivity index (χ0) is 22.2. The molecule has 0 rings (SSSR count). The molecule has 0 aliphatic heterocycles. The van der Waals surface area contributed by atoms with E-state index in [1.165, 1.54) is 35.8 Å². The molecule has 0 aromatic heterocycles. The summed E-state index contributed by atoms with van der Waals surface area (Å²) >= 11 is 0. The molecule has 0 saturated heterocycles. The Balaban J connectivity index is 4.65. The predicted octanol–water partition coefficient (Wildman–Crippen LogP) is 1.02. The molecule has 166 valence electrons. The number of amides is 1. The Morgan fingerprint density at radius 3 is 2.24 bits per heavy atom. The smallest absolute Gasteiger partial charge is 0.322 e. The highest BCUT2D eigenvalue weighted by atomic mass is 33.1. The van der Waals surface area contributed by atoms with Crippen LogP contribution in [-0.4, -0.2) is 67.2 Å². The van der Waals surface area contributed by atoms with Crippen molar-refractivity contribution in [3.8, 4) is 0 Å². The van der Waals surface area contributed by atoms with Crippen molar-refractivity contribution in [2.75, 3.05) is 25.7 Å². The average molecular weight is 451 g/mol. The lowest BCUT2D eigenvalue weighted by atomic mass is 10.1. The molecule has 0 fully saturated rings. The van der Waals surface area contributed by atoms with Gasteiger partial charge in [0.25, 0.3) is 0 Å². The van der Waals surface area contributed by atoms with E-state index in [2.05, 4.69) is 14.8 Å². The van der Waals surface area contributed by atoms with E-state index in [1.807, 2.05) is 6.92 Å². The van der Waals surface area contributed by atoms with E-state index in [4.69, 9.17) is 5.73 Å². The molecule has 0 aromatic carbocycles. The third-order valence-electron chi connectivity index (χ3n) is 3.78. The summed E-state index contributed by atoms with van der Waals surface area (Å²) in [5.41, 5.74) is 5.60. The lowest BCUT2D eigenvalue weighted by molar-refractivity contribution is -0.142. The van der Waals surface area contributed by atoms with Crippen molar-refractivity contribution in [3.63, 3.8) is 0 Å². The van der Waals surface area contributed by atoms with Crippen LogP contribution in [0.5, 0.6) is 0 Å². The first-order chi connectivity index (χ1) is 13.7. The van der Waals surface area contributed by atoms with Gasteiger partial charge in [-0.25, -0.2) is 0 Å². The Kier molecular flexibility index (Phi) is 15.3. The number of rotatable bonds is 16. The molecule has 0 radical (unpaired) electrons. The molecule has 11 heteroatoms. The van der Waals surface area contributed by atoms with E-state index < -0.39 is 29.9 Å². The zero-order valence-corrected chi connectivity index (χ0v) is 18.7. The molecular weight excluding hydrogens is 420 g/mol. The van der Waals surface area contributed by atoms with Gasteiger partial charge in [-0.05, 0) is 12.8 Å². The van der Waals surface area contributed by atoms with Crippen molar-refractivity contribution < 1.29 is 33.4 Å². The summed E-state index contributed by atoms with van der Waals surface area (Å²) in [5.74, 6) is -1.18. The number of nitrogens with one attached hydrogen (secondary N) is 1. The van der Waals surface area contributed by atoms with Gasteiger partial charge < -0.3 is 20.5 Å². The number of ketones is 2. The topological polar surface area (TPSA) is 142 Å². The minimum atomic E-state index is -0.922. The number of hydrogen-bond acceptors (Lipinski definition) is 10. The van der Waals surface area contributed by atoms with Crippen LogP contribution in [-0.2, 0) is 33.4 Å². The molecule has 0 saturated carbocycles. The van der Waals surface area contributed by atoms with Gasteiger partial charge in [0.15, 0.2) is 5.78 Å². The van der Waals surface area contributed by atoms with Crippen molar-refractivity contribution in [2.45, 2.75) is 57.5 Å². The lowest BCUT2D eigenvalue weighted by Gasteiger charge is -2.17. The van der Waals surface area contributed by atoms with E-state index in [1.54, 1.807) is 0 Å². The number of methoxy groups -OCH3 is 2. The van der Waals surface area contributed by atoms with Gasteiger partial charge in [-0.2, -0.15) is 0 Å². The van der Waals surface area contributed by atoms with Gasteiger partial charge in [0.05, 0.1) is 32.4 Å². The number of carbonyl (C=O) groups is 5. The molecule has 2 atom stereocenters. The minimum Gasteiger partial charge on any atom is -0.469 e. The second kappa shape index (κ2) is 16.2. The normalized spacial score (nSPS) is 12.6. The Morgan fingerprint density at radius 2 is 1.66 bits per heavy atom. The average Bonchev–Trinajstić information content (AvgIpc) is 2.71. The molecule has 0 aliphatic rings. The maximum Gasteiger partial charge on any atom is 0.322 e. The van der Waals surface area contributed by atoms with Gasteiger partial charge in [0.1, 0.15) is 11.8 Å². The Morgan fingerprint density at radius 1 is 0.966 bits per heavy atom. The molecule has 0 bridgehead atoms. The summed E-state index contributed by atoms with van der Waals surface area (Å²) in [5, 5.41) is 2.62. The maximum atomic E-state index is 12.4. The van der Waals surface area contributed by atoms with Crippen LogP contribution in [0.1, 0.15) is 45.4 Å². The van der Waals surface area contributed by atoms with Gasteiger partial charge in [-0.15, -0.1) is 0 Å². The molecule has 0 aliphatic carbocycles. The number of nitrogens with two attached hydrogens (primary N) is 1. The lowest BCUT2D eigenvalue weighted by Crippen LogP contribution is -2.43. The van der Waals surface area contributed by atoms with Crippen molar-refractivity contribution in [1.29, 1.82) is 0 Å². The van der Waals surface area contributed by atoms with E-state index in [9.17, 15) is 24.0 Å². The number of hydrogen-bond donors (Lipinski definition) is 2. The molecule has 0 aromatic rings. The van der Waals surface area contributed by atoms with Gasteiger partial charge >= 0.3 is 11.9 Å². The monoisotopic (exact) mass is 450 g/mol. The van der Waals surface area contributed by atoms with Crippen LogP contribution in [0.4, 0.5) is 0 Å². The van der Waals surface area contributed by atoms with Crippen molar-refractivity contribution in [2.24, 2.45) is 5.73 Å². The van der Waals surface area contributed by atoms with Gasteiger partial charge in [0, 0.05) is 25.0 Å². The van der Waals surface area contributed by atoms with Crippen LogP contribution >= 0.6 is 21.6 Å². The largest absolute Gasteiger partial charge is 0.469 e. The highest BCUT2D eigenvalue weighted by molar-refractivity contribution is 8.76. The van der Waals surface area contributed by atoms with E-state index >= 15 is 0 Å². The fraction of sp³-hybridized carbons (Fsp3) is 0.722. The van der Waals surface area contributed by atoms with Gasteiger partial charge in [-0.1, -0.05) is 28.5 Å². The third kappa shape index (κ3) is 13.3. The highest BCUT2D eigenvalue weighted by Crippen LogP contribution is 2.23. The summed E-state index contributed by atoms with van der Waals surface area (Å²) in [6.45, 7) is 1.92. The van der Waals surface area contributed by atoms with Crippen LogP contribution in [0, 0.1) is 0 Å². The summed E-state index contributed by atoms with van der Waals surface area (Å²) in [6.07, 6.45) is 1.16. The van der Waals surface area contributed by atoms with Crippen LogP contribution in [0.3, 0.4) is 0 Å². The van der Waals surface area contributed by atoms with Crippen LogP contribution in [0.2, 0.25) is 0 Å². The molecular formula is C18H30N2O7S2. The highest BCUT2D eigenvalue weighted by Gasteiger charge is 2.23. The summed E-state index contributed by atoms with van der Waals surface area (Å²) < 4.78 is 9.03. The molecule has 2 unspecified atom stereocenters. The molecule has 9 nitrogen and oxygen atoms in total. The molecule has 3 N–H and O–H groups in total. The molecule has 0 heterocycles. The first-order valence-electron chi connectivity index (χ1n) is 9.23. The summed E-state index contributed by atoms with van der Waals surface area (Å²) in [6, 6.07) is -1.74. The second-order valence-electron chi connectivity index (χ2n) is 6.17. The van der Waals surface area contributed by atoms with Crippen LogP contribution in [0.25, 0.3) is 0 Å². The number of ether oxygens (including phenoxy) is 2. The summed E-state index contributed by atoms with van der Waals surface area (Å²) in [7, 11) is 5.06. The van der Waals surface area contributed by atoms with Crippen molar-refractivity contribution in [3.05, 3.63) is 0 Å². The zero-order valence-electron chi connectivity index (χ0n) is 17.1. The Hall–Kier alpha value is -1.59. The minimum absolute atomic E-state index is 0.0517. The number of carbonyl (C=O) groups excluding carboxylic acids is 5. The molecule has 1 amide bonds. The molecule has 0 spiro atoms. The fourth-order valence-corrected chi connectivity index (χ4v) is 4.32.